The first-order chi connectivity index (χ1) is 7.63. The van der Waals surface area contributed by atoms with E-state index in [4.69, 9.17) is 4.84 Å². The Labute approximate surface area is 91.6 Å². The summed E-state index contributed by atoms with van der Waals surface area (Å²) in [5, 5.41) is 4.47. The van der Waals surface area contributed by atoms with Gasteiger partial charge in [0.25, 0.3) is 5.91 Å². The predicted molar refractivity (Wildman–Crippen MR) is 51.2 cm³/mol. The Hall–Kier alpha value is -1.83. The van der Waals surface area contributed by atoms with Crippen molar-refractivity contribution in [3.63, 3.8) is 0 Å². The fraction of sp³-hybridized carbons (Fsp3) is 0.625. The lowest BCUT2D eigenvalue weighted by atomic mass is 10.2. The first kappa shape index (κ1) is 12.2. The molecule has 1 aliphatic rings. The zero-order chi connectivity index (χ0) is 12.0. The molecule has 0 spiro atoms. The SMILES string of the molecule is CCOC(=O)NOCCC1NC(=O)NC1=O. The number of nitrogens with one attached hydrogen (secondary N) is 3. The molecule has 0 aliphatic carbocycles. The van der Waals surface area contributed by atoms with Gasteiger partial charge < -0.3 is 10.1 Å². The lowest BCUT2D eigenvalue weighted by Crippen LogP contribution is -2.32. The van der Waals surface area contributed by atoms with Crippen LogP contribution in [-0.4, -0.2) is 37.3 Å². The second-order valence-electron chi connectivity index (χ2n) is 2.97. The first-order valence-electron chi connectivity index (χ1n) is 4.79. The molecule has 8 nitrogen and oxygen atoms in total. The average Bonchev–Trinajstić information content (AvgIpc) is 2.53. The molecule has 4 amide bonds. The Kier molecular flexibility index (Phi) is 4.52. The van der Waals surface area contributed by atoms with E-state index in [0.717, 1.165) is 0 Å². The summed E-state index contributed by atoms with van der Waals surface area (Å²) >= 11 is 0. The van der Waals surface area contributed by atoms with Gasteiger partial charge >= 0.3 is 12.1 Å². The van der Waals surface area contributed by atoms with E-state index >= 15 is 0 Å². The van der Waals surface area contributed by atoms with Crippen molar-refractivity contribution in [2.75, 3.05) is 13.2 Å². The normalized spacial score (nSPS) is 18.9. The summed E-state index contributed by atoms with van der Waals surface area (Å²) in [7, 11) is 0. The maximum absolute atomic E-state index is 11.1. The quantitative estimate of drug-likeness (QED) is 0.328. The number of urea groups is 1. The predicted octanol–water partition coefficient (Wildman–Crippen LogP) is -0.738. The van der Waals surface area contributed by atoms with Gasteiger partial charge in [-0.15, -0.1) is 0 Å². The maximum atomic E-state index is 11.1. The van der Waals surface area contributed by atoms with Gasteiger partial charge in [-0.3, -0.25) is 14.9 Å². The summed E-state index contributed by atoms with van der Waals surface area (Å²) < 4.78 is 4.53. The number of amides is 4. The van der Waals surface area contributed by atoms with Gasteiger partial charge in [0, 0.05) is 6.42 Å². The highest BCUT2D eigenvalue weighted by Crippen LogP contribution is 1.98. The van der Waals surface area contributed by atoms with E-state index < -0.39 is 24.1 Å². The Balaban J connectivity index is 2.09. The van der Waals surface area contributed by atoms with Gasteiger partial charge in [0.1, 0.15) is 6.04 Å². The van der Waals surface area contributed by atoms with Crippen molar-refractivity contribution in [2.45, 2.75) is 19.4 Å². The van der Waals surface area contributed by atoms with E-state index in [0.29, 0.717) is 0 Å². The third-order valence-corrected chi connectivity index (χ3v) is 1.80. The first-order valence-corrected chi connectivity index (χ1v) is 4.79. The van der Waals surface area contributed by atoms with Crippen molar-refractivity contribution < 1.29 is 24.0 Å². The third-order valence-electron chi connectivity index (χ3n) is 1.80. The minimum Gasteiger partial charge on any atom is -0.448 e. The summed E-state index contributed by atoms with van der Waals surface area (Å²) in [6, 6.07) is -1.13. The standard InChI is InChI=1S/C8H13N3O5/c1-2-15-8(14)11-16-4-3-5-6(12)10-7(13)9-5/h5H,2-4H2,1H3,(H,11,14)(H2,9,10,12,13). The Morgan fingerprint density at radius 2 is 2.25 bits per heavy atom. The van der Waals surface area contributed by atoms with Crippen LogP contribution in [0.4, 0.5) is 9.59 Å². The summed E-state index contributed by atoms with van der Waals surface area (Å²) in [6.07, 6.45) is -0.424. The molecule has 1 saturated heterocycles. The molecule has 8 heteroatoms. The van der Waals surface area contributed by atoms with Gasteiger partial charge in [0.2, 0.25) is 0 Å². The van der Waals surface area contributed by atoms with Gasteiger partial charge in [-0.1, -0.05) is 0 Å². The maximum Gasteiger partial charge on any atom is 0.431 e. The average molecular weight is 231 g/mol. The number of hydrogen-bond acceptors (Lipinski definition) is 5. The highest BCUT2D eigenvalue weighted by atomic mass is 16.7. The van der Waals surface area contributed by atoms with E-state index in [1.54, 1.807) is 6.92 Å². The fourth-order valence-corrected chi connectivity index (χ4v) is 1.11. The molecule has 0 radical (unpaired) electrons. The number of rotatable bonds is 5. The van der Waals surface area contributed by atoms with Crippen molar-refractivity contribution in [3.05, 3.63) is 0 Å². The third kappa shape index (κ3) is 3.73. The molecule has 1 fully saturated rings. The molecule has 0 aromatic rings. The molecule has 1 atom stereocenters. The van der Waals surface area contributed by atoms with E-state index in [9.17, 15) is 14.4 Å². The highest BCUT2D eigenvalue weighted by Gasteiger charge is 2.28. The molecule has 1 heterocycles. The van der Waals surface area contributed by atoms with Gasteiger partial charge in [0.05, 0.1) is 13.2 Å². The molecule has 16 heavy (non-hydrogen) atoms. The number of imide groups is 1. The van der Waals surface area contributed by atoms with Crippen LogP contribution in [0.1, 0.15) is 13.3 Å². The molecule has 0 aromatic carbocycles. The zero-order valence-electron chi connectivity index (χ0n) is 8.74. The Bertz CT molecular complexity index is 293. The van der Waals surface area contributed by atoms with Crippen molar-refractivity contribution >= 4 is 18.0 Å². The van der Waals surface area contributed by atoms with Crippen LogP contribution in [0, 0.1) is 0 Å². The molecule has 0 aromatic heterocycles. The molecule has 90 valence electrons. The van der Waals surface area contributed by atoms with E-state index in [-0.39, 0.29) is 19.6 Å². The van der Waals surface area contributed by atoms with Crippen LogP contribution in [-0.2, 0) is 14.4 Å². The van der Waals surface area contributed by atoms with Crippen molar-refractivity contribution in [3.8, 4) is 0 Å². The van der Waals surface area contributed by atoms with Crippen molar-refractivity contribution in [1.29, 1.82) is 0 Å². The summed E-state index contributed by atoms with van der Waals surface area (Å²) in [4.78, 5) is 37.3. The second-order valence-corrected chi connectivity index (χ2v) is 2.97. The number of carbonyl (C=O) groups is 3. The van der Waals surface area contributed by atoms with Crippen LogP contribution in [0.15, 0.2) is 0 Å². The molecule has 0 bridgehead atoms. The second kappa shape index (κ2) is 5.91. The summed E-state index contributed by atoms with van der Waals surface area (Å²) in [5.74, 6) is -0.398. The number of carbonyl (C=O) groups excluding carboxylic acids is 3. The molecule has 1 aliphatic heterocycles. The minimum absolute atomic E-state index is 0.0944. The van der Waals surface area contributed by atoms with Gasteiger partial charge in [-0.2, -0.15) is 5.48 Å². The molecular formula is C8H13N3O5. The van der Waals surface area contributed by atoms with E-state index in [2.05, 4.69) is 15.4 Å². The number of ether oxygens (including phenoxy) is 1. The van der Waals surface area contributed by atoms with E-state index in [1.165, 1.54) is 0 Å². The van der Waals surface area contributed by atoms with Gasteiger partial charge in [-0.25, -0.2) is 9.59 Å². The van der Waals surface area contributed by atoms with Crippen LogP contribution in [0.25, 0.3) is 0 Å². The van der Waals surface area contributed by atoms with Crippen LogP contribution < -0.4 is 16.1 Å². The molecular weight excluding hydrogens is 218 g/mol. The fourth-order valence-electron chi connectivity index (χ4n) is 1.11. The highest BCUT2D eigenvalue weighted by molar-refractivity contribution is 6.04. The Morgan fingerprint density at radius 1 is 1.50 bits per heavy atom. The van der Waals surface area contributed by atoms with Crippen LogP contribution >= 0.6 is 0 Å². The lowest BCUT2D eigenvalue weighted by Gasteiger charge is -2.08. The zero-order valence-corrected chi connectivity index (χ0v) is 8.74. The molecule has 3 N–H and O–H groups in total. The summed E-state index contributed by atoms with van der Waals surface area (Å²) in [6.45, 7) is 2.01. The lowest BCUT2D eigenvalue weighted by molar-refractivity contribution is -0.120. The van der Waals surface area contributed by atoms with Crippen LogP contribution in [0.3, 0.4) is 0 Å². The molecule has 1 unspecified atom stereocenters. The minimum atomic E-state index is -0.692. The Morgan fingerprint density at radius 3 is 2.81 bits per heavy atom. The smallest absolute Gasteiger partial charge is 0.431 e. The van der Waals surface area contributed by atoms with Crippen molar-refractivity contribution in [1.82, 2.24) is 16.1 Å². The van der Waals surface area contributed by atoms with E-state index in [1.807, 2.05) is 5.48 Å². The monoisotopic (exact) mass is 231 g/mol. The number of hydrogen-bond donors (Lipinski definition) is 3. The molecule has 1 rings (SSSR count). The molecule has 0 saturated carbocycles. The van der Waals surface area contributed by atoms with Gasteiger partial charge in [0.15, 0.2) is 0 Å². The van der Waals surface area contributed by atoms with Crippen LogP contribution in [0.2, 0.25) is 0 Å². The topological polar surface area (TPSA) is 106 Å². The van der Waals surface area contributed by atoms with Gasteiger partial charge in [-0.05, 0) is 6.92 Å². The number of hydroxylamine groups is 1. The summed E-state index contributed by atoms with van der Waals surface area (Å²) in [5.41, 5.74) is 2.03. The largest absolute Gasteiger partial charge is 0.448 e. The van der Waals surface area contributed by atoms with Crippen molar-refractivity contribution in [2.24, 2.45) is 0 Å². The van der Waals surface area contributed by atoms with Crippen LogP contribution in [0.5, 0.6) is 0 Å².